The van der Waals surface area contributed by atoms with Crippen molar-refractivity contribution < 1.29 is 22.6 Å². The quantitative estimate of drug-likeness (QED) is 0.740. The number of nitrogens with zero attached hydrogens (tertiary/aromatic N) is 1. The van der Waals surface area contributed by atoms with Gasteiger partial charge in [-0.05, 0) is 24.3 Å². The van der Waals surface area contributed by atoms with Crippen LogP contribution in [0.2, 0.25) is 0 Å². The zero-order valence-electron chi connectivity index (χ0n) is 13.8. The van der Waals surface area contributed by atoms with Crippen molar-refractivity contribution in [2.24, 2.45) is 0 Å². The SMILES string of the molecule is C=CCN(c1ccccc1OC)S(=O)(=O)c1ccc2c(c1)OCCO2. The summed E-state index contributed by atoms with van der Waals surface area (Å²) in [5.74, 6) is 1.43. The molecule has 7 heteroatoms. The molecule has 0 aromatic heterocycles. The molecule has 3 rings (SSSR count). The molecule has 0 radical (unpaired) electrons. The van der Waals surface area contributed by atoms with Gasteiger partial charge in [-0.1, -0.05) is 18.2 Å². The van der Waals surface area contributed by atoms with Gasteiger partial charge in [-0.15, -0.1) is 6.58 Å². The Morgan fingerprint density at radius 3 is 2.60 bits per heavy atom. The van der Waals surface area contributed by atoms with Crippen LogP contribution in [0.5, 0.6) is 17.2 Å². The smallest absolute Gasteiger partial charge is 0.264 e. The molecule has 6 nitrogen and oxygen atoms in total. The standard InChI is InChI=1S/C18H19NO5S/c1-3-10-19(15-6-4-5-7-16(15)22-2)25(20,21)14-8-9-17-18(13-14)24-12-11-23-17/h3-9,13H,1,10-12H2,2H3. The maximum atomic E-state index is 13.2. The molecule has 1 heterocycles. The number of methoxy groups -OCH3 is 1. The molecule has 0 spiro atoms. The number of anilines is 1. The van der Waals surface area contributed by atoms with Crippen molar-refractivity contribution in [3.8, 4) is 17.2 Å². The summed E-state index contributed by atoms with van der Waals surface area (Å²) in [5, 5.41) is 0. The molecule has 0 saturated heterocycles. The Bertz CT molecular complexity index is 879. The van der Waals surface area contributed by atoms with Crippen molar-refractivity contribution in [2.45, 2.75) is 4.90 Å². The Balaban J connectivity index is 2.07. The summed E-state index contributed by atoms with van der Waals surface area (Å²) in [6.45, 7) is 4.61. The van der Waals surface area contributed by atoms with E-state index < -0.39 is 10.0 Å². The summed E-state index contributed by atoms with van der Waals surface area (Å²) in [6.07, 6.45) is 1.53. The van der Waals surface area contributed by atoms with Crippen LogP contribution in [0, 0.1) is 0 Å². The molecule has 0 atom stereocenters. The number of para-hydroxylation sites is 2. The van der Waals surface area contributed by atoms with Gasteiger partial charge >= 0.3 is 0 Å². The molecule has 132 valence electrons. The average Bonchev–Trinajstić information content (AvgIpc) is 2.65. The summed E-state index contributed by atoms with van der Waals surface area (Å²) in [5.41, 5.74) is 0.444. The van der Waals surface area contributed by atoms with E-state index in [1.54, 1.807) is 30.3 Å². The number of ether oxygens (including phenoxy) is 3. The van der Waals surface area contributed by atoms with Gasteiger partial charge in [-0.3, -0.25) is 4.31 Å². The minimum absolute atomic E-state index is 0.108. The Kier molecular flexibility index (Phi) is 4.85. The first-order chi connectivity index (χ1) is 12.1. The molecular formula is C18H19NO5S. The second kappa shape index (κ2) is 7.06. The summed E-state index contributed by atoms with van der Waals surface area (Å²) in [4.78, 5) is 0.115. The molecule has 0 unspecified atom stereocenters. The highest BCUT2D eigenvalue weighted by molar-refractivity contribution is 7.92. The van der Waals surface area contributed by atoms with Crippen LogP contribution < -0.4 is 18.5 Å². The fourth-order valence-electron chi connectivity index (χ4n) is 2.59. The maximum Gasteiger partial charge on any atom is 0.264 e. The fraction of sp³-hybridized carbons (Fsp3) is 0.222. The van der Waals surface area contributed by atoms with Crippen LogP contribution in [0.15, 0.2) is 60.0 Å². The average molecular weight is 361 g/mol. The number of rotatable bonds is 6. The Labute approximate surface area is 147 Å². The van der Waals surface area contributed by atoms with Gasteiger partial charge in [0.1, 0.15) is 19.0 Å². The van der Waals surface area contributed by atoms with Gasteiger partial charge in [0.15, 0.2) is 11.5 Å². The van der Waals surface area contributed by atoms with Gasteiger partial charge in [-0.25, -0.2) is 8.42 Å². The summed E-state index contributed by atoms with van der Waals surface area (Å²) in [7, 11) is -2.33. The van der Waals surface area contributed by atoms with Crippen LogP contribution in [0.25, 0.3) is 0 Å². The first-order valence-electron chi connectivity index (χ1n) is 7.74. The summed E-state index contributed by atoms with van der Waals surface area (Å²) < 4.78 is 43.9. The fourth-order valence-corrected chi connectivity index (χ4v) is 4.05. The van der Waals surface area contributed by atoms with Crippen LogP contribution in [-0.4, -0.2) is 35.3 Å². The number of hydrogen-bond donors (Lipinski definition) is 0. The number of benzene rings is 2. The third-order valence-corrected chi connectivity index (χ3v) is 5.53. The zero-order valence-corrected chi connectivity index (χ0v) is 14.7. The van der Waals surface area contributed by atoms with E-state index in [-0.39, 0.29) is 11.4 Å². The highest BCUT2D eigenvalue weighted by atomic mass is 32.2. The molecule has 0 bridgehead atoms. The lowest BCUT2D eigenvalue weighted by molar-refractivity contribution is 0.171. The van der Waals surface area contributed by atoms with Crippen LogP contribution in [0.4, 0.5) is 5.69 Å². The predicted octanol–water partition coefficient (Wildman–Crippen LogP) is 2.85. The van der Waals surface area contributed by atoms with Gasteiger partial charge in [0.25, 0.3) is 10.0 Å². The van der Waals surface area contributed by atoms with E-state index in [9.17, 15) is 8.42 Å². The lowest BCUT2D eigenvalue weighted by Crippen LogP contribution is -2.31. The largest absolute Gasteiger partial charge is 0.495 e. The molecule has 25 heavy (non-hydrogen) atoms. The highest BCUT2D eigenvalue weighted by Gasteiger charge is 2.28. The van der Waals surface area contributed by atoms with E-state index in [0.717, 1.165) is 0 Å². The van der Waals surface area contributed by atoms with Gasteiger partial charge in [0.2, 0.25) is 0 Å². The van der Waals surface area contributed by atoms with Crippen molar-refractivity contribution in [1.82, 2.24) is 0 Å². The number of fused-ring (bicyclic) bond motifs is 1. The second-order valence-electron chi connectivity index (χ2n) is 5.30. The van der Waals surface area contributed by atoms with Crippen LogP contribution in [-0.2, 0) is 10.0 Å². The van der Waals surface area contributed by atoms with Crippen LogP contribution in [0.3, 0.4) is 0 Å². The number of sulfonamides is 1. The normalized spacial score (nSPS) is 13.2. The van der Waals surface area contributed by atoms with Crippen molar-refractivity contribution >= 4 is 15.7 Å². The van der Waals surface area contributed by atoms with Crippen molar-refractivity contribution in [2.75, 3.05) is 31.2 Å². The third kappa shape index (κ3) is 3.28. The Morgan fingerprint density at radius 1 is 1.16 bits per heavy atom. The van der Waals surface area contributed by atoms with Gasteiger partial charge < -0.3 is 14.2 Å². The Morgan fingerprint density at radius 2 is 1.88 bits per heavy atom. The topological polar surface area (TPSA) is 65.1 Å². The van der Waals surface area contributed by atoms with Crippen molar-refractivity contribution in [3.63, 3.8) is 0 Å². The molecule has 1 aliphatic heterocycles. The first-order valence-corrected chi connectivity index (χ1v) is 9.18. The third-order valence-electron chi connectivity index (χ3n) is 3.75. The van der Waals surface area contributed by atoms with E-state index in [2.05, 4.69) is 6.58 Å². The van der Waals surface area contributed by atoms with Gasteiger partial charge in [0, 0.05) is 6.07 Å². The Hall–Kier alpha value is -2.67. The summed E-state index contributed by atoms with van der Waals surface area (Å²) >= 11 is 0. The molecule has 0 fully saturated rings. The predicted molar refractivity (Wildman–Crippen MR) is 95.2 cm³/mol. The minimum Gasteiger partial charge on any atom is -0.495 e. The second-order valence-corrected chi connectivity index (χ2v) is 7.16. The van der Waals surface area contributed by atoms with Gasteiger partial charge in [-0.2, -0.15) is 0 Å². The van der Waals surface area contributed by atoms with E-state index in [0.29, 0.717) is 36.1 Å². The minimum atomic E-state index is -3.84. The van der Waals surface area contributed by atoms with E-state index in [1.165, 1.54) is 29.6 Å². The van der Waals surface area contributed by atoms with E-state index in [1.807, 2.05) is 0 Å². The van der Waals surface area contributed by atoms with Crippen LogP contribution in [0.1, 0.15) is 0 Å². The van der Waals surface area contributed by atoms with E-state index >= 15 is 0 Å². The molecule has 2 aromatic carbocycles. The molecule has 0 saturated carbocycles. The molecule has 0 aliphatic carbocycles. The number of hydrogen-bond acceptors (Lipinski definition) is 5. The molecular weight excluding hydrogens is 342 g/mol. The molecule has 1 aliphatic rings. The van der Waals surface area contributed by atoms with Gasteiger partial charge in [0.05, 0.1) is 24.2 Å². The van der Waals surface area contributed by atoms with Crippen molar-refractivity contribution in [3.05, 3.63) is 55.1 Å². The first kappa shape index (κ1) is 17.2. The van der Waals surface area contributed by atoms with E-state index in [4.69, 9.17) is 14.2 Å². The zero-order chi connectivity index (χ0) is 17.9. The molecule has 0 amide bonds. The van der Waals surface area contributed by atoms with Crippen LogP contribution >= 0.6 is 0 Å². The summed E-state index contributed by atoms with van der Waals surface area (Å²) in [6, 6.07) is 11.5. The highest BCUT2D eigenvalue weighted by Crippen LogP contribution is 2.36. The lowest BCUT2D eigenvalue weighted by Gasteiger charge is -2.26. The molecule has 0 N–H and O–H groups in total. The van der Waals surface area contributed by atoms with Crippen molar-refractivity contribution in [1.29, 1.82) is 0 Å². The lowest BCUT2D eigenvalue weighted by atomic mass is 10.3. The molecule has 2 aromatic rings. The maximum absolute atomic E-state index is 13.2. The monoisotopic (exact) mass is 361 g/mol.